The first kappa shape index (κ1) is 12.0. The summed E-state index contributed by atoms with van der Waals surface area (Å²) in [5, 5.41) is 0. The molecule has 1 atom stereocenters. The van der Waals surface area contributed by atoms with Gasteiger partial charge >= 0.3 is 0 Å². The number of aryl methyl sites for hydroxylation is 2. The lowest BCUT2D eigenvalue weighted by Crippen LogP contribution is -2.17. The van der Waals surface area contributed by atoms with E-state index in [1.165, 1.54) is 11.1 Å². The second-order valence-electron chi connectivity index (χ2n) is 5.32. The Morgan fingerprint density at radius 3 is 2.95 bits per heavy atom. The lowest BCUT2D eigenvalue weighted by Gasteiger charge is -2.12. The van der Waals surface area contributed by atoms with Crippen LogP contribution < -0.4 is 10.5 Å². The summed E-state index contributed by atoms with van der Waals surface area (Å²) in [6, 6.07) is 8.44. The zero-order valence-electron chi connectivity index (χ0n) is 11.3. The van der Waals surface area contributed by atoms with Gasteiger partial charge in [0.25, 0.3) is 0 Å². The van der Waals surface area contributed by atoms with Gasteiger partial charge in [0, 0.05) is 19.0 Å². The molecule has 1 aliphatic heterocycles. The largest absolute Gasteiger partial charge is 0.489 e. The second-order valence-corrected chi connectivity index (χ2v) is 5.32. The molecule has 3 nitrogen and oxygen atoms in total. The molecule has 0 amide bonds. The summed E-state index contributed by atoms with van der Waals surface area (Å²) in [6.07, 6.45) is 3.73. The highest BCUT2D eigenvalue weighted by molar-refractivity contribution is 5.44. The number of aromatic nitrogens is 1. The summed E-state index contributed by atoms with van der Waals surface area (Å²) in [4.78, 5) is 4.21. The normalized spacial score (nSPS) is 17.1. The van der Waals surface area contributed by atoms with Gasteiger partial charge in [0.15, 0.2) is 0 Å². The van der Waals surface area contributed by atoms with Crippen LogP contribution in [0.5, 0.6) is 5.75 Å². The van der Waals surface area contributed by atoms with Crippen molar-refractivity contribution in [3.63, 3.8) is 0 Å². The minimum absolute atomic E-state index is 0.169. The molecule has 19 heavy (non-hydrogen) atoms. The van der Waals surface area contributed by atoms with Crippen molar-refractivity contribution in [2.24, 2.45) is 0 Å². The highest BCUT2D eigenvalue weighted by Gasteiger charge is 2.23. The fourth-order valence-electron chi connectivity index (χ4n) is 2.61. The van der Waals surface area contributed by atoms with Gasteiger partial charge in [0.1, 0.15) is 17.7 Å². The van der Waals surface area contributed by atoms with Gasteiger partial charge < -0.3 is 10.5 Å². The monoisotopic (exact) mass is 254 g/mol. The first-order valence-corrected chi connectivity index (χ1v) is 6.59. The van der Waals surface area contributed by atoms with E-state index in [1.807, 2.05) is 6.92 Å². The number of pyridine rings is 1. The molecule has 98 valence electrons. The molecule has 1 aliphatic rings. The summed E-state index contributed by atoms with van der Waals surface area (Å²) < 4.78 is 5.98. The van der Waals surface area contributed by atoms with Crippen LogP contribution in [0.25, 0.3) is 0 Å². The van der Waals surface area contributed by atoms with Crippen LogP contribution in [0.3, 0.4) is 0 Å². The number of anilines is 1. The second kappa shape index (κ2) is 4.57. The highest BCUT2D eigenvalue weighted by Crippen LogP contribution is 2.31. The molecule has 1 unspecified atom stereocenters. The Morgan fingerprint density at radius 2 is 2.11 bits per heavy atom. The predicted molar refractivity (Wildman–Crippen MR) is 76.4 cm³/mol. The number of benzene rings is 1. The fraction of sp³-hybridized carbons (Fsp3) is 0.312. The number of ether oxygens (including phenoxy) is 1. The molecular weight excluding hydrogens is 236 g/mol. The number of rotatable bonds is 2. The van der Waals surface area contributed by atoms with Crippen LogP contribution in [-0.2, 0) is 12.8 Å². The Hall–Kier alpha value is -2.03. The minimum Gasteiger partial charge on any atom is -0.489 e. The van der Waals surface area contributed by atoms with E-state index in [0.717, 1.165) is 29.7 Å². The van der Waals surface area contributed by atoms with Crippen molar-refractivity contribution >= 4 is 5.82 Å². The number of fused-ring (bicyclic) bond motifs is 1. The Bertz CT molecular complexity index is 622. The van der Waals surface area contributed by atoms with Crippen LogP contribution in [0.2, 0.25) is 0 Å². The Labute approximate surface area is 113 Å². The summed E-state index contributed by atoms with van der Waals surface area (Å²) in [5.74, 6) is 1.62. The topological polar surface area (TPSA) is 48.1 Å². The van der Waals surface area contributed by atoms with Gasteiger partial charge in [0.2, 0.25) is 0 Å². The van der Waals surface area contributed by atoms with E-state index in [1.54, 1.807) is 6.20 Å². The molecule has 3 heteroatoms. The molecule has 0 bridgehead atoms. The van der Waals surface area contributed by atoms with Crippen LogP contribution in [0.4, 0.5) is 5.82 Å². The number of nitrogens with two attached hydrogens (primary N) is 1. The van der Waals surface area contributed by atoms with E-state index < -0.39 is 0 Å². The standard InChI is InChI=1S/C16H18N2O/c1-10-3-4-15-12(5-10)7-14(19-15)8-13-6-11(2)9-18-16(13)17/h3-6,9,14H,7-8H2,1-2H3,(H2,17,18). The Balaban J connectivity index is 1.78. The third-order valence-electron chi connectivity index (χ3n) is 3.54. The van der Waals surface area contributed by atoms with Crippen molar-refractivity contribution in [1.82, 2.24) is 4.98 Å². The number of hydrogen-bond donors (Lipinski definition) is 1. The Kier molecular flexibility index (Phi) is 2.90. The van der Waals surface area contributed by atoms with E-state index >= 15 is 0 Å². The van der Waals surface area contributed by atoms with E-state index in [0.29, 0.717) is 5.82 Å². The maximum atomic E-state index is 5.98. The van der Waals surface area contributed by atoms with Gasteiger partial charge in [-0.2, -0.15) is 0 Å². The molecule has 0 saturated heterocycles. The number of hydrogen-bond acceptors (Lipinski definition) is 3. The Morgan fingerprint density at radius 1 is 1.26 bits per heavy atom. The van der Waals surface area contributed by atoms with Crippen molar-refractivity contribution in [2.45, 2.75) is 32.8 Å². The molecule has 0 radical (unpaired) electrons. The summed E-state index contributed by atoms with van der Waals surface area (Å²) in [5.41, 5.74) is 10.7. The van der Waals surface area contributed by atoms with Gasteiger partial charge in [-0.15, -0.1) is 0 Å². The van der Waals surface area contributed by atoms with Crippen molar-refractivity contribution in [3.05, 3.63) is 52.7 Å². The quantitative estimate of drug-likeness (QED) is 0.896. The molecular formula is C16H18N2O. The molecule has 2 heterocycles. The molecule has 0 fully saturated rings. The maximum Gasteiger partial charge on any atom is 0.126 e. The van der Waals surface area contributed by atoms with Crippen LogP contribution >= 0.6 is 0 Å². The minimum atomic E-state index is 0.169. The van der Waals surface area contributed by atoms with Crippen LogP contribution in [0.15, 0.2) is 30.5 Å². The first-order chi connectivity index (χ1) is 9.11. The van der Waals surface area contributed by atoms with Gasteiger partial charge in [-0.3, -0.25) is 0 Å². The predicted octanol–water partition coefficient (Wildman–Crippen LogP) is 2.83. The number of nitrogen functional groups attached to an aromatic ring is 1. The lowest BCUT2D eigenvalue weighted by molar-refractivity contribution is 0.233. The number of nitrogens with zero attached hydrogens (tertiary/aromatic N) is 1. The van der Waals surface area contributed by atoms with Crippen molar-refractivity contribution in [3.8, 4) is 5.75 Å². The van der Waals surface area contributed by atoms with Gasteiger partial charge in [-0.25, -0.2) is 4.98 Å². The van der Waals surface area contributed by atoms with E-state index in [9.17, 15) is 0 Å². The molecule has 3 rings (SSSR count). The van der Waals surface area contributed by atoms with Gasteiger partial charge in [-0.1, -0.05) is 23.8 Å². The fourth-order valence-corrected chi connectivity index (χ4v) is 2.61. The summed E-state index contributed by atoms with van der Waals surface area (Å²) in [7, 11) is 0. The third kappa shape index (κ3) is 2.41. The van der Waals surface area contributed by atoms with Crippen LogP contribution in [0, 0.1) is 13.8 Å². The smallest absolute Gasteiger partial charge is 0.126 e. The SMILES string of the molecule is Cc1ccc2c(c1)CC(Cc1cc(C)cnc1N)O2. The molecule has 1 aromatic heterocycles. The zero-order valence-corrected chi connectivity index (χ0v) is 11.3. The first-order valence-electron chi connectivity index (χ1n) is 6.59. The van der Waals surface area contributed by atoms with E-state index in [2.05, 4.69) is 36.2 Å². The van der Waals surface area contributed by atoms with Crippen LogP contribution in [0.1, 0.15) is 22.3 Å². The van der Waals surface area contributed by atoms with E-state index in [-0.39, 0.29) is 6.10 Å². The molecule has 0 aliphatic carbocycles. The van der Waals surface area contributed by atoms with Crippen molar-refractivity contribution in [2.75, 3.05) is 5.73 Å². The van der Waals surface area contributed by atoms with Crippen molar-refractivity contribution in [1.29, 1.82) is 0 Å². The summed E-state index contributed by atoms with van der Waals surface area (Å²) >= 11 is 0. The average Bonchev–Trinajstić information content (AvgIpc) is 2.75. The molecule has 2 aromatic rings. The molecule has 2 N–H and O–H groups in total. The molecule has 1 aromatic carbocycles. The maximum absolute atomic E-state index is 5.98. The lowest BCUT2D eigenvalue weighted by atomic mass is 10.0. The zero-order chi connectivity index (χ0) is 13.4. The summed E-state index contributed by atoms with van der Waals surface area (Å²) in [6.45, 7) is 4.14. The van der Waals surface area contributed by atoms with Gasteiger partial charge in [-0.05, 0) is 36.6 Å². The molecule has 0 saturated carbocycles. The van der Waals surface area contributed by atoms with Crippen molar-refractivity contribution < 1.29 is 4.74 Å². The van der Waals surface area contributed by atoms with Crippen LogP contribution in [-0.4, -0.2) is 11.1 Å². The van der Waals surface area contributed by atoms with E-state index in [4.69, 9.17) is 10.5 Å². The van der Waals surface area contributed by atoms with Gasteiger partial charge in [0.05, 0.1) is 0 Å². The highest BCUT2D eigenvalue weighted by atomic mass is 16.5. The third-order valence-corrected chi connectivity index (χ3v) is 3.54. The molecule has 0 spiro atoms. The average molecular weight is 254 g/mol.